The van der Waals surface area contributed by atoms with E-state index in [-0.39, 0.29) is 33.7 Å². The molecule has 0 saturated carbocycles. The van der Waals surface area contributed by atoms with Gasteiger partial charge in [-0.25, -0.2) is 8.42 Å². The third-order valence-electron chi connectivity index (χ3n) is 6.26. The lowest BCUT2D eigenvalue weighted by atomic mass is 10.0. The molecular weight excluding hydrogens is 470 g/mol. The van der Waals surface area contributed by atoms with Crippen LogP contribution in [0.1, 0.15) is 37.0 Å². The number of nitrogens with two attached hydrogens (primary N) is 1. The standard InChI is InChI=1S/C21H33N3O9S/c1-3-24-7-5-6-11(24)10-23-19(28)12-8-15(34(30,31)4-2)13(22)9-14(12)32-21-18(27)16(25)17(26)20(29)33-21/h8-9,11,16-18,20-21,25-27,29H,3-7,10,22H2,1-2H3,(H,23,28). The molecule has 2 aliphatic rings. The molecule has 1 amide bonds. The number of hydrogen-bond donors (Lipinski definition) is 6. The maximum Gasteiger partial charge on any atom is 0.255 e. The Kier molecular flexibility index (Phi) is 8.39. The zero-order chi connectivity index (χ0) is 25.2. The summed E-state index contributed by atoms with van der Waals surface area (Å²) in [7, 11) is -3.78. The molecule has 2 saturated heterocycles. The molecule has 0 spiro atoms. The van der Waals surface area contributed by atoms with Crippen molar-refractivity contribution in [2.45, 2.75) is 68.5 Å². The van der Waals surface area contributed by atoms with Gasteiger partial charge in [0, 0.05) is 18.7 Å². The van der Waals surface area contributed by atoms with Crippen LogP contribution in [0.5, 0.6) is 5.75 Å². The van der Waals surface area contributed by atoms with E-state index in [9.17, 15) is 33.6 Å². The maximum atomic E-state index is 13.1. The third-order valence-corrected chi connectivity index (χ3v) is 8.05. The van der Waals surface area contributed by atoms with Crippen LogP contribution in [0.2, 0.25) is 0 Å². The molecule has 7 N–H and O–H groups in total. The Morgan fingerprint density at radius 3 is 2.56 bits per heavy atom. The van der Waals surface area contributed by atoms with E-state index < -0.39 is 46.6 Å². The molecule has 2 fully saturated rings. The van der Waals surface area contributed by atoms with Gasteiger partial charge >= 0.3 is 0 Å². The Labute approximate surface area is 198 Å². The van der Waals surface area contributed by atoms with Gasteiger partial charge in [-0.15, -0.1) is 0 Å². The minimum absolute atomic E-state index is 0.140. The molecule has 192 valence electrons. The van der Waals surface area contributed by atoms with Crippen LogP contribution in [0.15, 0.2) is 17.0 Å². The van der Waals surface area contributed by atoms with E-state index in [4.69, 9.17) is 15.2 Å². The topological polar surface area (TPSA) is 192 Å². The number of carbonyl (C=O) groups excluding carboxylic acids is 1. The van der Waals surface area contributed by atoms with Crippen LogP contribution in [-0.4, -0.2) is 102 Å². The zero-order valence-electron chi connectivity index (χ0n) is 19.1. The smallest absolute Gasteiger partial charge is 0.255 e. The number of amides is 1. The highest BCUT2D eigenvalue weighted by Crippen LogP contribution is 2.32. The second kappa shape index (κ2) is 10.7. The predicted octanol–water partition coefficient (Wildman–Crippen LogP) is -1.59. The fourth-order valence-electron chi connectivity index (χ4n) is 4.18. The minimum Gasteiger partial charge on any atom is -0.461 e. The Bertz CT molecular complexity index is 990. The van der Waals surface area contributed by atoms with Gasteiger partial charge in [0.2, 0.25) is 6.29 Å². The molecule has 0 aromatic heterocycles. The number of aliphatic hydroxyl groups is 4. The monoisotopic (exact) mass is 503 g/mol. The first-order chi connectivity index (χ1) is 16.0. The van der Waals surface area contributed by atoms with Crippen molar-refractivity contribution in [3.8, 4) is 5.75 Å². The van der Waals surface area contributed by atoms with E-state index in [2.05, 4.69) is 10.2 Å². The first kappa shape index (κ1) is 26.6. The van der Waals surface area contributed by atoms with Crippen LogP contribution in [-0.2, 0) is 14.6 Å². The number of nitrogens with zero attached hydrogens (tertiary/aromatic N) is 1. The highest BCUT2D eigenvalue weighted by atomic mass is 32.2. The van der Waals surface area contributed by atoms with Gasteiger partial charge in [0.1, 0.15) is 24.1 Å². The lowest BCUT2D eigenvalue weighted by Crippen LogP contribution is -2.59. The van der Waals surface area contributed by atoms with Crippen LogP contribution >= 0.6 is 0 Å². The first-order valence-corrected chi connectivity index (χ1v) is 12.9. The van der Waals surface area contributed by atoms with Crippen LogP contribution < -0.4 is 15.8 Å². The van der Waals surface area contributed by atoms with E-state index in [0.717, 1.165) is 38.1 Å². The number of likely N-dealkylation sites (N-methyl/N-ethyl adjacent to an activating group) is 1. The van der Waals surface area contributed by atoms with Crippen molar-refractivity contribution in [2.75, 3.05) is 31.1 Å². The Morgan fingerprint density at radius 1 is 1.21 bits per heavy atom. The van der Waals surface area contributed by atoms with E-state index in [1.807, 2.05) is 6.92 Å². The summed E-state index contributed by atoms with van der Waals surface area (Å²) in [6.07, 6.45) is -6.94. The SMILES string of the molecule is CCN1CCCC1CNC(=O)c1cc(S(=O)(=O)CC)c(N)cc1OC1OC(O)C(O)C(O)C1O. The minimum atomic E-state index is -3.78. The molecule has 34 heavy (non-hydrogen) atoms. The van der Waals surface area contributed by atoms with Crippen molar-refractivity contribution in [3.63, 3.8) is 0 Å². The van der Waals surface area contributed by atoms with Crippen molar-refractivity contribution in [1.29, 1.82) is 0 Å². The van der Waals surface area contributed by atoms with Gasteiger partial charge in [0.05, 0.1) is 21.9 Å². The molecule has 13 heteroatoms. The van der Waals surface area contributed by atoms with Crippen LogP contribution in [0.3, 0.4) is 0 Å². The highest BCUT2D eigenvalue weighted by molar-refractivity contribution is 7.91. The molecule has 1 aromatic carbocycles. The van der Waals surface area contributed by atoms with Crippen LogP contribution in [0.25, 0.3) is 0 Å². The number of nitrogen functional groups attached to an aromatic ring is 1. The number of aliphatic hydroxyl groups excluding tert-OH is 4. The van der Waals surface area contributed by atoms with Crippen molar-refractivity contribution >= 4 is 21.4 Å². The summed E-state index contributed by atoms with van der Waals surface area (Å²) in [4.78, 5) is 15.1. The van der Waals surface area contributed by atoms with Crippen molar-refractivity contribution in [2.24, 2.45) is 0 Å². The molecule has 2 heterocycles. The predicted molar refractivity (Wildman–Crippen MR) is 121 cm³/mol. The molecule has 1 aromatic rings. The Morgan fingerprint density at radius 2 is 1.91 bits per heavy atom. The fourth-order valence-corrected chi connectivity index (χ4v) is 5.20. The van der Waals surface area contributed by atoms with Gasteiger partial charge in [-0.1, -0.05) is 13.8 Å². The molecule has 6 atom stereocenters. The molecule has 3 rings (SSSR count). The summed E-state index contributed by atoms with van der Waals surface area (Å²) >= 11 is 0. The molecule has 0 aliphatic carbocycles. The summed E-state index contributed by atoms with van der Waals surface area (Å²) < 4.78 is 35.6. The average Bonchev–Trinajstić information content (AvgIpc) is 3.27. The zero-order valence-corrected chi connectivity index (χ0v) is 19.9. The first-order valence-electron chi connectivity index (χ1n) is 11.2. The van der Waals surface area contributed by atoms with Crippen molar-refractivity contribution < 1.29 is 43.1 Å². The summed E-state index contributed by atoms with van der Waals surface area (Å²) in [5.74, 6) is -1.09. The number of benzene rings is 1. The van der Waals surface area contributed by atoms with Crippen LogP contribution in [0, 0.1) is 0 Å². The number of anilines is 1. The lowest BCUT2D eigenvalue weighted by molar-refractivity contribution is -0.321. The van der Waals surface area contributed by atoms with Gasteiger partial charge in [0.25, 0.3) is 5.91 Å². The van der Waals surface area contributed by atoms with Gasteiger partial charge in [-0.2, -0.15) is 0 Å². The molecule has 6 unspecified atom stereocenters. The highest BCUT2D eigenvalue weighted by Gasteiger charge is 2.44. The van der Waals surface area contributed by atoms with Crippen molar-refractivity contribution in [1.82, 2.24) is 10.2 Å². The number of ether oxygens (including phenoxy) is 2. The number of likely N-dealkylation sites (tertiary alicyclic amines) is 1. The number of sulfone groups is 1. The van der Waals surface area contributed by atoms with E-state index in [1.165, 1.54) is 6.92 Å². The largest absolute Gasteiger partial charge is 0.461 e. The summed E-state index contributed by atoms with van der Waals surface area (Å²) in [6, 6.07) is 2.36. The van der Waals surface area contributed by atoms with Crippen molar-refractivity contribution in [3.05, 3.63) is 17.7 Å². The molecule has 12 nitrogen and oxygen atoms in total. The number of hydrogen-bond acceptors (Lipinski definition) is 11. The van der Waals surface area contributed by atoms with Gasteiger partial charge in [-0.05, 0) is 32.0 Å². The Balaban J connectivity index is 1.91. The number of carbonyl (C=O) groups is 1. The second-order valence-corrected chi connectivity index (χ2v) is 10.7. The maximum absolute atomic E-state index is 13.1. The summed E-state index contributed by atoms with van der Waals surface area (Å²) in [6.45, 7) is 5.57. The van der Waals surface area contributed by atoms with Gasteiger partial charge in [-0.3, -0.25) is 9.69 Å². The second-order valence-electron chi connectivity index (χ2n) is 8.41. The van der Waals surface area contributed by atoms with Gasteiger partial charge in [0.15, 0.2) is 16.1 Å². The fraction of sp³-hybridized carbons (Fsp3) is 0.667. The third kappa shape index (κ3) is 5.46. The Hall–Kier alpha value is -2.00. The van der Waals surface area contributed by atoms with Gasteiger partial charge < -0.3 is 41.0 Å². The van der Waals surface area contributed by atoms with Crippen LogP contribution in [0.4, 0.5) is 5.69 Å². The molecule has 0 bridgehead atoms. The molecule has 2 aliphatic heterocycles. The summed E-state index contributed by atoms with van der Waals surface area (Å²) in [5.41, 5.74) is 5.58. The molecule has 0 radical (unpaired) electrons. The van der Waals surface area contributed by atoms with E-state index in [0.29, 0.717) is 6.54 Å². The quantitative estimate of drug-likeness (QED) is 0.224. The number of rotatable bonds is 8. The summed E-state index contributed by atoms with van der Waals surface area (Å²) in [5, 5.41) is 42.4. The van der Waals surface area contributed by atoms with E-state index >= 15 is 0 Å². The van der Waals surface area contributed by atoms with E-state index in [1.54, 1.807) is 0 Å². The molecular formula is C21H33N3O9S. The lowest BCUT2D eigenvalue weighted by Gasteiger charge is -2.38. The average molecular weight is 504 g/mol. The number of nitrogens with one attached hydrogen (secondary N) is 1. The normalized spacial score (nSPS) is 30.3.